The number of nitro groups is 1. The molecule has 0 aliphatic carbocycles. The smallest absolute Gasteiger partial charge is 0.357 e. The third kappa shape index (κ3) is 4.82. The van der Waals surface area contributed by atoms with Crippen LogP contribution in [0.25, 0.3) is 10.9 Å². The zero-order chi connectivity index (χ0) is 27.0. The van der Waals surface area contributed by atoms with Gasteiger partial charge in [0.15, 0.2) is 0 Å². The lowest BCUT2D eigenvalue weighted by Crippen LogP contribution is -2.49. The summed E-state index contributed by atoms with van der Waals surface area (Å²) in [6, 6.07) is 15.6. The molecule has 0 atom stereocenters. The Morgan fingerprint density at radius 2 is 1.53 bits per heavy atom. The number of benzene rings is 3. The van der Waals surface area contributed by atoms with Crippen molar-refractivity contribution in [3.05, 3.63) is 115 Å². The molecule has 4 aromatic rings. The van der Waals surface area contributed by atoms with Gasteiger partial charge in [-0.05, 0) is 60.2 Å². The van der Waals surface area contributed by atoms with Crippen LogP contribution in [-0.4, -0.2) is 46.5 Å². The van der Waals surface area contributed by atoms with Gasteiger partial charge in [-0.1, -0.05) is 23.7 Å². The van der Waals surface area contributed by atoms with Crippen LogP contribution in [0, 0.1) is 21.7 Å². The van der Waals surface area contributed by atoms with E-state index in [0.29, 0.717) is 27.1 Å². The molecular weight excluding hydrogens is 518 g/mol. The maximum Gasteiger partial charge on any atom is 0.357 e. The van der Waals surface area contributed by atoms with Crippen molar-refractivity contribution < 1.29 is 18.5 Å². The van der Waals surface area contributed by atoms with Gasteiger partial charge in [-0.3, -0.25) is 24.3 Å². The van der Waals surface area contributed by atoms with Gasteiger partial charge in [-0.2, -0.15) is 0 Å². The van der Waals surface area contributed by atoms with E-state index in [1.807, 2.05) is 0 Å². The van der Waals surface area contributed by atoms with Crippen LogP contribution in [0.2, 0.25) is 5.02 Å². The number of carbonyl (C=O) groups excluding carboxylic acids is 1. The van der Waals surface area contributed by atoms with Crippen molar-refractivity contribution in [2.75, 3.05) is 31.1 Å². The Labute approximate surface area is 220 Å². The number of carbonyl (C=O) groups is 1. The Hall–Kier alpha value is -4.31. The van der Waals surface area contributed by atoms with E-state index < -0.39 is 27.8 Å². The van der Waals surface area contributed by atoms with Crippen LogP contribution in [0.15, 0.2) is 71.5 Å². The quantitative estimate of drug-likeness (QED) is 0.268. The first-order valence-corrected chi connectivity index (χ1v) is 12.2. The molecule has 1 aliphatic heterocycles. The van der Waals surface area contributed by atoms with Crippen LogP contribution < -0.4 is 10.5 Å². The second-order valence-electron chi connectivity index (χ2n) is 8.92. The lowest BCUT2D eigenvalue weighted by molar-refractivity contribution is -0.385. The molecule has 0 bridgehead atoms. The Kier molecular flexibility index (Phi) is 6.81. The highest BCUT2D eigenvalue weighted by molar-refractivity contribution is 6.31. The fraction of sp³-hybridized carbons (Fsp3) is 0.185. The molecule has 0 radical (unpaired) electrons. The maximum atomic E-state index is 13.5. The van der Waals surface area contributed by atoms with Gasteiger partial charge in [0.25, 0.3) is 5.91 Å². The monoisotopic (exact) mass is 538 g/mol. The number of hydrogen-bond acceptors (Lipinski definition) is 5. The first-order chi connectivity index (χ1) is 18.2. The molecule has 3 aromatic carbocycles. The molecule has 0 unspecified atom stereocenters. The number of nitrogens with zero attached hydrogens (tertiary/aromatic N) is 4. The lowest BCUT2D eigenvalue weighted by atomic mass is 10.1. The van der Waals surface area contributed by atoms with E-state index in [1.165, 1.54) is 53.1 Å². The highest BCUT2D eigenvalue weighted by Gasteiger charge is 2.32. The first kappa shape index (κ1) is 25.3. The van der Waals surface area contributed by atoms with Gasteiger partial charge in [0.2, 0.25) is 0 Å². The Bertz CT molecular complexity index is 1600. The minimum absolute atomic E-state index is 0.00167. The zero-order valence-electron chi connectivity index (χ0n) is 19.9. The largest absolute Gasteiger partial charge is 0.362 e. The maximum absolute atomic E-state index is 13.5. The normalized spacial score (nSPS) is 13.7. The highest BCUT2D eigenvalue weighted by Crippen LogP contribution is 2.36. The summed E-state index contributed by atoms with van der Waals surface area (Å²) < 4.78 is 27.9. The first-order valence-electron chi connectivity index (χ1n) is 11.8. The number of rotatable bonds is 5. The lowest BCUT2D eigenvalue weighted by Gasteiger charge is -2.36. The summed E-state index contributed by atoms with van der Waals surface area (Å²) in [5.74, 6) is -1.16. The Balaban J connectivity index is 1.54. The number of piperazine rings is 1. The molecule has 8 nitrogen and oxygen atoms in total. The van der Waals surface area contributed by atoms with E-state index in [1.54, 1.807) is 28.0 Å². The Morgan fingerprint density at radius 3 is 2.13 bits per heavy atom. The number of aromatic nitrogens is 1. The molecular formula is C27H21ClF2N4O4. The molecule has 1 amide bonds. The average Bonchev–Trinajstić information content (AvgIpc) is 2.91. The number of fused-ring (bicyclic) bond motifs is 1. The van der Waals surface area contributed by atoms with Crippen molar-refractivity contribution >= 4 is 39.8 Å². The van der Waals surface area contributed by atoms with Crippen LogP contribution in [-0.2, 0) is 6.54 Å². The summed E-state index contributed by atoms with van der Waals surface area (Å²) in [6.45, 7) is 0.952. The van der Waals surface area contributed by atoms with E-state index in [2.05, 4.69) is 0 Å². The topological polar surface area (TPSA) is 88.7 Å². The van der Waals surface area contributed by atoms with Crippen molar-refractivity contribution in [2.24, 2.45) is 0 Å². The standard InChI is InChI=1S/C27H21ClF2N4O4/c28-19-5-10-23-22(15-19)24(25(34(37)38)27(36)33(23)16-17-1-6-20(29)7-2-17)31-11-13-32(14-12-31)26(35)18-3-8-21(30)9-4-18/h1-10,15H,11-14,16H2. The molecule has 0 saturated carbocycles. The van der Waals surface area contributed by atoms with Gasteiger partial charge in [-0.15, -0.1) is 0 Å². The summed E-state index contributed by atoms with van der Waals surface area (Å²) in [5, 5.41) is 13.0. The van der Waals surface area contributed by atoms with Gasteiger partial charge < -0.3 is 9.80 Å². The zero-order valence-corrected chi connectivity index (χ0v) is 20.7. The minimum atomic E-state index is -0.797. The molecule has 1 fully saturated rings. The van der Waals surface area contributed by atoms with Gasteiger partial charge in [-0.25, -0.2) is 8.78 Å². The molecule has 0 spiro atoms. The fourth-order valence-electron chi connectivity index (χ4n) is 4.72. The van der Waals surface area contributed by atoms with Crippen molar-refractivity contribution in [3.63, 3.8) is 0 Å². The highest BCUT2D eigenvalue weighted by atomic mass is 35.5. The number of hydrogen-bond donors (Lipinski definition) is 0. The van der Waals surface area contributed by atoms with Crippen LogP contribution in [0.4, 0.5) is 20.2 Å². The predicted molar refractivity (Wildman–Crippen MR) is 140 cm³/mol. The number of pyridine rings is 1. The van der Waals surface area contributed by atoms with Crippen molar-refractivity contribution in [2.45, 2.75) is 6.54 Å². The van der Waals surface area contributed by atoms with E-state index in [-0.39, 0.29) is 44.3 Å². The van der Waals surface area contributed by atoms with E-state index in [4.69, 9.17) is 11.6 Å². The third-order valence-electron chi connectivity index (χ3n) is 6.59. The Morgan fingerprint density at radius 1 is 0.921 bits per heavy atom. The van der Waals surface area contributed by atoms with E-state index in [9.17, 15) is 28.5 Å². The van der Waals surface area contributed by atoms with Crippen molar-refractivity contribution in [1.29, 1.82) is 0 Å². The molecule has 1 aliphatic rings. The SMILES string of the molecule is O=C(c1ccc(F)cc1)N1CCN(c2c([N+](=O)[O-])c(=O)n(Cc3ccc(F)cc3)c3ccc(Cl)cc23)CC1. The van der Waals surface area contributed by atoms with Crippen LogP contribution >= 0.6 is 11.6 Å². The molecule has 1 aromatic heterocycles. The van der Waals surface area contributed by atoms with Crippen LogP contribution in [0.1, 0.15) is 15.9 Å². The summed E-state index contributed by atoms with van der Waals surface area (Å²) in [6.07, 6.45) is 0. The van der Waals surface area contributed by atoms with Crippen molar-refractivity contribution in [3.8, 4) is 0 Å². The minimum Gasteiger partial charge on any atom is -0.362 e. The molecule has 194 valence electrons. The van der Waals surface area contributed by atoms with Gasteiger partial charge in [0.1, 0.15) is 17.3 Å². The number of amides is 1. The predicted octanol–water partition coefficient (Wildman–Crippen LogP) is 4.85. The number of halogens is 3. The summed E-state index contributed by atoms with van der Waals surface area (Å²) in [5.41, 5.74) is 0.121. The second kappa shape index (κ2) is 10.2. The fourth-order valence-corrected chi connectivity index (χ4v) is 4.89. The second-order valence-corrected chi connectivity index (χ2v) is 9.36. The molecule has 11 heteroatoms. The molecule has 2 heterocycles. The molecule has 0 N–H and O–H groups in total. The van der Waals surface area contributed by atoms with Crippen LogP contribution in [0.5, 0.6) is 0 Å². The summed E-state index contributed by atoms with van der Waals surface area (Å²) in [7, 11) is 0. The summed E-state index contributed by atoms with van der Waals surface area (Å²) in [4.78, 5) is 41.2. The summed E-state index contributed by atoms with van der Waals surface area (Å²) >= 11 is 6.28. The van der Waals surface area contributed by atoms with Crippen molar-refractivity contribution in [1.82, 2.24) is 9.47 Å². The molecule has 38 heavy (non-hydrogen) atoms. The van der Waals surface area contributed by atoms with E-state index >= 15 is 0 Å². The molecule has 1 saturated heterocycles. The van der Waals surface area contributed by atoms with Gasteiger partial charge in [0, 0.05) is 42.2 Å². The van der Waals surface area contributed by atoms with Gasteiger partial charge in [0.05, 0.1) is 17.0 Å². The average molecular weight is 539 g/mol. The van der Waals surface area contributed by atoms with E-state index in [0.717, 1.165) is 0 Å². The van der Waals surface area contributed by atoms with Crippen LogP contribution in [0.3, 0.4) is 0 Å². The third-order valence-corrected chi connectivity index (χ3v) is 6.82. The number of anilines is 1. The molecule has 5 rings (SSSR count). The van der Waals surface area contributed by atoms with Gasteiger partial charge >= 0.3 is 11.2 Å².